The summed E-state index contributed by atoms with van der Waals surface area (Å²) in [5.74, 6) is -0.568. The van der Waals surface area contributed by atoms with Crippen LogP contribution in [0.1, 0.15) is 19.8 Å². The number of amides is 4. The number of piperidine rings is 1. The van der Waals surface area contributed by atoms with Crippen molar-refractivity contribution in [2.45, 2.75) is 30.7 Å². The first-order valence-corrected chi connectivity index (χ1v) is 5.95. The number of carbonyl (C=O) groups is 3. The molecular formula is C10H14ClN3O3. The van der Waals surface area contributed by atoms with E-state index < -0.39 is 16.9 Å². The maximum absolute atomic E-state index is 11.8. The number of halogens is 1. The Bertz CT molecular complexity index is 385. The summed E-state index contributed by atoms with van der Waals surface area (Å²) in [5.41, 5.74) is -0.962. The van der Waals surface area contributed by atoms with Gasteiger partial charge in [0.15, 0.2) is 0 Å². The van der Waals surface area contributed by atoms with E-state index in [0.717, 1.165) is 0 Å². The predicted octanol–water partition coefficient (Wildman–Crippen LogP) is -0.186. The maximum atomic E-state index is 11.8. The lowest BCUT2D eigenvalue weighted by molar-refractivity contribution is -0.135. The van der Waals surface area contributed by atoms with Crippen molar-refractivity contribution < 1.29 is 14.4 Å². The molecule has 2 N–H and O–H groups in total. The summed E-state index contributed by atoms with van der Waals surface area (Å²) in [6.45, 7) is 2.36. The number of rotatable bonds is 1. The van der Waals surface area contributed by atoms with Gasteiger partial charge >= 0.3 is 6.03 Å². The molecule has 0 aromatic heterocycles. The van der Waals surface area contributed by atoms with E-state index in [0.29, 0.717) is 19.4 Å². The minimum atomic E-state index is -0.962. The zero-order valence-electron chi connectivity index (χ0n) is 9.46. The summed E-state index contributed by atoms with van der Waals surface area (Å²) in [6, 6.07) is -0.497. The first kappa shape index (κ1) is 12.2. The highest BCUT2D eigenvalue weighted by molar-refractivity contribution is 6.30. The molecule has 0 aromatic rings. The minimum Gasteiger partial charge on any atom is -0.339 e. The Morgan fingerprint density at radius 1 is 1.53 bits per heavy atom. The van der Waals surface area contributed by atoms with Crippen molar-refractivity contribution in [2.75, 3.05) is 13.1 Å². The molecular weight excluding hydrogens is 246 g/mol. The van der Waals surface area contributed by atoms with Gasteiger partial charge < -0.3 is 10.2 Å². The standard InChI is InChI=1S/C10H14ClN3O3/c1-6(11)7(15)14-4-2-3-10(5-14)8(16)12-9(17)13-10/h6H,2-5H2,1H3,(H2,12,13,16,17). The van der Waals surface area contributed by atoms with E-state index in [1.54, 1.807) is 6.92 Å². The predicted molar refractivity (Wildman–Crippen MR) is 60.5 cm³/mol. The van der Waals surface area contributed by atoms with E-state index in [1.807, 2.05) is 0 Å². The third-order valence-corrected chi connectivity index (χ3v) is 3.35. The van der Waals surface area contributed by atoms with Gasteiger partial charge in [0.05, 0.1) is 6.54 Å². The van der Waals surface area contributed by atoms with Gasteiger partial charge in [0.1, 0.15) is 10.9 Å². The molecule has 2 fully saturated rings. The van der Waals surface area contributed by atoms with E-state index in [2.05, 4.69) is 10.6 Å². The molecule has 0 aliphatic carbocycles. The third-order valence-electron chi connectivity index (χ3n) is 3.16. The molecule has 7 heteroatoms. The first-order chi connectivity index (χ1) is 7.94. The lowest BCUT2D eigenvalue weighted by Gasteiger charge is -2.38. The van der Waals surface area contributed by atoms with Crippen LogP contribution in [-0.2, 0) is 9.59 Å². The number of hydrogen-bond donors (Lipinski definition) is 2. The molecule has 4 amide bonds. The molecule has 6 nitrogen and oxygen atoms in total. The molecule has 2 saturated heterocycles. The molecule has 2 atom stereocenters. The zero-order valence-corrected chi connectivity index (χ0v) is 10.2. The van der Waals surface area contributed by atoms with Gasteiger partial charge in [-0.05, 0) is 19.8 Å². The lowest BCUT2D eigenvalue weighted by Crippen LogP contribution is -2.60. The average Bonchev–Trinajstić information content (AvgIpc) is 2.52. The lowest BCUT2D eigenvalue weighted by atomic mass is 9.89. The monoisotopic (exact) mass is 259 g/mol. The number of likely N-dealkylation sites (tertiary alicyclic amines) is 1. The largest absolute Gasteiger partial charge is 0.339 e. The highest BCUT2D eigenvalue weighted by Gasteiger charge is 2.49. The Hall–Kier alpha value is -1.30. The summed E-state index contributed by atoms with van der Waals surface area (Å²) in [5, 5.41) is 4.19. The van der Waals surface area contributed by atoms with E-state index in [1.165, 1.54) is 4.90 Å². The van der Waals surface area contributed by atoms with Crippen LogP contribution in [0.3, 0.4) is 0 Å². The van der Waals surface area contributed by atoms with E-state index in [4.69, 9.17) is 11.6 Å². The molecule has 0 aromatic carbocycles. The molecule has 17 heavy (non-hydrogen) atoms. The fraction of sp³-hybridized carbons (Fsp3) is 0.700. The summed E-state index contributed by atoms with van der Waals surface area (Å²) >= 11 is 5.74. The van der Waals surface area contributed by atoms with Crippen molar-refractivity contribution in [3.05, 3.63) is 0 Å². The number of nitrogens with one attached hydrogen (secondary N) is 2. The van der Waals surface area contributed by atoms with E-state index in [-0.39, 0.29) is 18.4 Å². The van der Waals surface area contributed by atoms with E-state index >= 15 is 0 Å². The summed E-state index contributed by atoms with van der Waals surface area (Å²) in [7, 11) is 0. The Balaban J connectivity index is 2.14. The van der Waals surface area contributed by atoms with Crippen LogP contribution in [0, 0.1) is 0 Å². The Morgan fingerprint density at radius 2 is 2.24 bits per heavy atom. The van der Waals surface area contributed by atoms with Crippen molar-refractivity contribution in [2.24, 2.45) is 0 Å². The van der Waals surface area contributed by atoms with Crippen molar-refractivity contribution >= 4 is 29.4 Å². The number of urea groups is 1. The van der Waals surface area contributed by atoms with Gasteiger partial charge in [-0.15, -0.1) is 11.6 Å². The number of hydrogen-bond acceptors (Lipinski definition) is 3. The topological polar surface area (TPSA) is 78.5 Å². The van der Waals surface area contributed by atoms with Crippen LogP contribution >= 0.6 is 11.6 Å². The van der Waals surface area contributed by atoms with Crippen LogP contribution < -0.4 is 10.6 Å². The smallest absolute Gasteiger partial charge is 0.322 e. The minimum absolute atomic E-state index is 0.195. The zero-order chi connectivity index (χ0) is 12.6. The molecule has 0 radical (unpaired) electrons. The van der Waals surface area contributed by atoms with Gasteiger partial charge in [0.25, 0.3) is 5.91 Å². The maximum Gasteiger partial charge on any atom is 0.322 e. The van der Waals surface area contributed by atoms with E-state index in [9.17, 15) is 14.4 Å². The molecule has 2 aliphatic heterocycles. The highest BCUT2D eigenvalue weighted by Crippen LogP contribution is 2.25. The van der Waals surface area contributed by atoms with Crippen molar-refractivity contribution in [3.63, 3.8) is 0 Å². The second-order valence-corrected chi connectivity index (χ2v) is 5.12. The Morgan fingerprint density at radius 3 is 2.76 bits per heavy atom. The number of imide groups is 1. The molecule has 1 spiro atoms. The SMILES string of the molecule is CC(Cl)C(=O)N1CCCC2(C1)NC(=O)NC2=O. The van der Waals surface area contributed by atoms with Gasteiger partial charge in [0.2, 0.25) is 5.91 Å². The first-order valence-electron chi connectivity index (χ1n) is 5.51. The van der Waals surface area contributed by atoms with Crippen LogP contribution in [-0.4, -0.2) is 46.8 Å². The van der Waals surface area contributed by atoms with Gasteiger partial charge in [-0.2, -0.15) is 0 Å². The van der Waals surface area contributed by atoms with Crippen LogP contribution in [0.2, 0.25) is 0 Å². The molecule has 94 valence electrons. The molecule has 2 heterocycles. The van der Waals surface area contributed by atoms with Gasteiger partial charge in [-0.25, -0.2) is 4.79 Å². The normalized spacial score (nSPS) is 30.1. The quantitative estimate of drug-likeness (QED) is 0.506. The van der Waals surface area contributed by atoms with Crippen molar-refractivity contribution in [1.29, 1.82) is 0 Å². The summed E-state index contributed by atoms with van der Waals surface area (Å²) in [4.78, 5) is 36.2. The number of alkyl halides is 1. The summed E-state index contributed by atoms with van der Waals surface area (Å²) in [6.07, 6.45) is 1.22. The Labute approximate surface area is 104 Å². The van der Waals surface area contributed by atoms with Crippen LogP contribution in [0.4, 0.5) is 4.79 Å². The van der Waals surface area contributed by atoms with Crippen molar-refractivity contribution in [3.8, 4) is 0 Å². The summed E-state index contributed by atoms with van der Waals surface area (Å²) < 4.78 is 0. The van der Waals surface area contributed by atoms with Gasteiger partial charge in [0, 0.05) is 6.54 Å². The van der Waals surface area contributed by atoms with Gasteiger partial charge in [-0.3, -0.25) is 14.9 Å². The van der Waals surface area contributed by atoms with Crippen LogP contribution in [0.25, 0.3) is 0 Å². The molecule has 2 unspecified atom stereocenters. The molecule has 0 saturated carbocycles. The van der Waals surface area contributed by atoms with Gasteiger partial charge in [-0.1, -0.05) is 0 Å². The Kier molecular flexibility index (Phi) is 2.99. The average molecular weight is 260 g/mol. The number of nitrogens with zero attached hydrogens (tertiary/aromatic N) is 1. The fourth-order valence-electron chi connectivity index (χ4n) is 2.31. The molecule has 0 bridgehead atoms. The third kappa shape index (κ3) is 2.09. The second kappa shape index (κ2) is 4.18. The van der Waals surface area contributed by atoms with Crippen LogP contribution in [0.15, 0.2) is 0 Å². The second-order valence-electron chi connectivity index (χ2n) is 4.47. The fourth-order valence-corrected chi connectivity index (χ4v) is 2.45. The molecule has 2 aliphatic rings. The van der Waals surface area contributed by atoms with Crippen LogP contribution in [0.5, 0.6) is 0 Å². The number of carbonyl (C=O) groups excluding carboxylic acids is 3. The highest BCUT2D eigenvalue weighted by atomic mass is 35.5. The molecule has 2 rings (SSSR count). The van der Waals surface area contributed by atoms with Crippen molar-refractivity contribution in [1.82, 2.24) is 15.5 Å².